The molecule has 1 aliphatic rings. The highest BCUT2D eigenvalue weighted by Gasteiger charge is 2.37. The van der Waals surface area contributed by atoms with Gasteiger partial charge in [-0.1, -0.05) is 48.0 Å². The summed E-state index contributed by atoms with van der Waals surface area (Å²) in [6.45, 7) is 2.99. The van der Waals surface area contributed by atoms with Crippen LogP contribution in [-0.2, 0) is 16.0 Å². The Labute approximate surface area is 152 Å². The summed E-state index contributed by atoms with van der Waals surface area (Å²) in [6, 6.07) is 15.5. The fourth-order valence-electron chi connectivity index (χ4n) is 3.03. The Hall–Kier alpha value is -2.33. The van der Waals surface area contributed by atoms with Gasteiger partial charge in [-0.15, -0.1) is 0 Å². The standard InChI is InChI=1S/C20H21ClN2O2/c1-14-7-8-16(13-18(14)21)23-12-10-17(20(23)25)19(24)22-11-9-15-5-3-2-4-6-15/h2-8,13,17H,9-12H2,1H3,(H,22,24)/t17-/m0/s1. The highest BCUT2D eigenvalue weighted by Crippen LogP contribution is 2.28. The molecule has 0 saturated carbocycles. The molecule has 2 amide bonds. The van der Waals surface area contributed by atoms with Crippen molar-refractivity contribution in [3.05, 3.63) is 64.7 Å². The van der Waals surface area contributed by atoms with Gasteiger partial charge in [-0.3, -0.25) is 9.59 Å². The van der Waals surface area contributed by atoms with E-state index in [0.29, 0.717) is 24.5 Å². The van der Waals surface area contributed by atoms with Crippen LogP contribution in [0.3, 0.4) is 0 Å². The smallest absolute Gasteiger partial charge is 0.239 e. The van der Waals surface area contributed by atoms with Crippen LogP contribution in [0.4, 0.5) is 5.69 Å². The van der Waals surface area contributed by atoms with Gasteiger partial charge in [0.05, 0.1) is 0 Å². The minimum Gasteiger partial charge on any atom is -0.355 e. The van der Waals surface area contributed by atoms with E-state index in [-0.39, 0.29) is 11.8 Å². The molecule has 130 valence electrons. The van der Waals surface area contributed by atoms with Gasteiger partial charge in [-0.2, -0.15) is 0 Å². The first kappa shape index (κ1) is 17.5. The Morgan fingerprint density at radius 1 is 1.24 bits per heavy atom. The summed E-state index contributed by atoms with van der Waals surface area (Å²) in [5.74, 6) is -0.963. The normalized spacial score (nSPS) is 17.0. The molecule has 2 aromatic rings. The number of rotatable bonds is 5. The highest BCUT2D eigenvalue weighted by molar-refractivity contribution is 6.31. The topological polar surface area (TPSA) is 49.4 Å². The number of aryl methyl sites for hydroxylation is 1. The van der Waals surface area contributed by atoms with E-state index in [1.807, 2.05) is 49.4 Å². The molecule has 1 heterocycles. The number of carbonyl (C=O) groups excluding carboxylic acids is 2. The summed E-state index contributed by atoms with van der Waals surface area (Å²) < 4.78 is 0. The van der Waals surface area contributed by atoms with Crippen LogP contribution in [-0.4, -0.2) is 24.9 Å². The highest BCUT2D eigenvalue weighted by atomic mass is 35.5. The number of hydrogen-bond acceptors (Lipinski definition) is 2. The van der Waals surface area contributed by atoms with E-state index in [1.54, 1.807) is 11.0 Å². The molecule has 1 saturated heterocycles. The van der Waals surface area contributed by atoms with Crippen molar-refractivity contribution in [1.82, 2.24) is 5.32 Å². The lowest BCUT2D eigenvalue weighted by Gasteiger charge is -2.17. The number of amides is 2. The van der Waals surface area contributed by atoms with Gasteiger partial charge in [0.25, 0.3) is 0 Å². The second kappa shape index (κ2) is 7.70. The maximum Gasteiger partial charge on any atom is 0.239 e. The van der Waals surface area contributed by atoms with Crippen LogP contribution < -0.4 is 10.2 Å². The van der Waals surface area contributed by atoms with E-state index in [1.165, 1.54) is 0 Å². The average Bonchev–Trinajstić information content (AvgIpc) is 3.00. The minimum atomic E-state index is -0.615. The van der Waals surface area contributed by atoms with Gasteiger partial charge in [-0.25, -0.2) is 0 Å². The Balaban J connectivity index is 1.57. The van der Waals surface area contributed by atoms with Crippen LogP contribution in [0.15, 0.2) is 48.5 Å². The quantitative estimate of drug-likeness (QED) is 0.835. The van der Waals surface area contributed by atoms with Crippen LogP contribution >= 0.6 is 11.6 Å². The van der Waals surface area contributed by atoms with Crippen molar-refractivity contribution >= 4 is 29.1 Å². The lowest BCUT2D eigenvalue weighted by Crippen LogP contribution is -2.37. The van der Waals surface area contributed by atoms with Crippen molar-refractivity contribution in [3.8, 4) is 0 Å². The summed E-state index contributed by atoms with van der Waals surface area (Å²) in [4.78, 5) is 26.6. The SMILES string of the molecule is Cc1ccc(N2CC[C@@H](C(=O)NCCc3ccccc3)C2=O)cc1Cl. The molecule has 0 bridgehead atoms. The number of halogens is 1. The molecular weight excluding hydrogens is 336 g/mol. The third-order valence-electron chi connectivity index (χ3n) is 4.54. The molecule has 2 aromatic carbocycles. The van der Waals surface area contributed by atoms with Crippen molar-refractivity contribution in [1.29, 1.82) is 0 Å². The summed E-state index contributed by atoms with van der Waals surface area (Å²) >= 11 is 6.15. The van der Waals surface area contributed by atoms with Crippen molar-refractivity contribution in [2.24, 2.45) is 5.92 Å². The van der Waals surface area contributed by atoms with E-state index >= 15 is 0 Å². The molecule has 0 aromatic heterocycles. The number of carbonyl (C=O) groups is 2. The average molecular weight is 357 g/mol. The van der Waals surface area contributed by atoms with Gasteiger partial charge in [0.1, 0.15) is 5.92 Å². The summed E-state index contributed by atoms with van der Waals surface area (Å²) in [7, 11) is 0. The summed E-state index contributed by atoms with van der Waals surface area (Å²) in [5, 5.41) is 3.51. The van der Waals surface area contributed by atoms with E-state index in [9.17, 15) is 9.59 Å². The Kier molecular flexibility index (Phi) is 5.39. The molecule has 25 heavy (non-hydrogen) atoms. The molecular formula is C20H21ClN2O2. The molecule has 4 nitrogen and oxygen atoms in total. The van der Waals surface area contributed by atoms with E-state index < -0.39 is 5.92 Å². The molecule has 1 atom stereocenters. The fraction of sp³-hybridized carbons (Fsp3) is 0.300. The molecule has 0 radical (unpaired) electrons. The Morgan fingerprint density at radius 2 is 2.00 bits per heavy atom. The second-order valence-electron chi connectivity index (χ2n) is 6.29. The number of nitrogens with zero attached hydrogens (tertiary/aromatic N) is 1. The molecule has 1 N–H and O–H groups in total. The number of anilines is 1. The van der Waals surface area contributed by atoms with Crippen LogP contribution in [0, 0.1) is 12.8 Å². The summed E-state index contributed by atoms with van der Waals surface area (Å²) in [6.07, 6.45) is 1.28. The van der Waals surface area contributed by atoms with Crippen molar-refractivity contribution in [3.63, 3.8) is 0 Å². The number of nitrogens with one attached hydrogen (secondary N) is 1. The van der Waals surface area contributed by atoms with Gasteiger partial charge in [0.15, 0.2) is 0 Å². The van der Waals surface area contributed by atoms with Crippen LogP contribution in [0.25, 0.3) is 0 Å². The maximum absolute atomic E-state index is 12.6. The largest absolute Gasteiger partial charge is 0.355 e. The fourth-order valence-corrected chi connectivity index (χ4v) is 3.20. The zero-order chi connectivity index (χ0) is 17.8. The van der Waals surface area contributed by atoms with Crippen molar-refractivity contribution < 1.29 is 9.59 Å². The lowest BCUT2D eigenvalue weighted by atomic mass is 10.1. The predicted molar refractivity (Wildman–Crippen MR) is 99.8 cm³/mol. The van der Waals surface area contributed by atoms with Crippen LogP contribution in [0.5, 0.6) is 0 Å². The first-order valence-electron chi connectivity index (χ1n) is 8.45. The molecule has 5 heteroatoms. The number of hydrogen-bond donors (Lipinski definition) is 1. The Bertz CT molecular complexity index is 777. The van der Waals surface area contributed by atoms with Gasteiger partial charge in [-0.05, 0) is 43.0 Å². The predicted octanol–water partition coefficient (Wildman–Crippen LogP) is 3.36. The van der Waals surface area contributed by atoms with Crippen molar-refractivity contribution in [2.75, 3.05) is 18.0 Å². The monoisotopic (exact) mass is 356 g/mol. The van der Waals surface area contributed by atoms with E-state index in [4.69, 9.17) is 11.6 Å². The Morgan fingerprint density at radius 3 is 2.72 bits per heavy atom. The minimum absolute atomic E-state index is 0.155. The first-order chi connectivity index (χ1) is 12.1. The second-order valence-corrected chi connectivity index (χ2v) is 6.70. The van der Waals surface area contributed by atoms with E-state index in [2.05, 4.69) is 5.32 Å². The van der Waals surface area contributed by atoms with Crippen molar-refractivity contribution in [2.45, 2.75) is 19.8 Å². The molecule has 1 aliphatic heterocycles. The molecule has 1 fully saturated rings. The lowest BCUT2D eigenvalue weighted by molar-refractivity contribution is -0.132. The molecule has 0 spiro atoms. The zero-order valence-electron chi connectivity index (χ0n) is 14.2. The third kappa shape index (κ3) is 4.02. The van der Waals surface area contributed by atoms with Gasteiger partial charge in [0.2, 0.25) is 11.8 Å². The van der Waals surface area contributed by atoms with Crippen LogP contribution in [0.2, 0.25) is 5.02 Å². The maximum atomic E-state index is 12.6. The van der Waals surface area contributed by atoms with Gasteiger partial charge < -0.3 is 10.2 Å². The zero-order valence-corrected chi connectivity index (χ0v) is 14.9. The van der Waals surface area contributed by atoms with E-state index in [0.717, 1.165) is 23.2 Å². The van der Waals surface area contributed by atoms with Gasteiger partial charge in [0, 0.05) is 23.8 Å². The first-order valence-corrected chi connectivity index (χ1v) is 8.83. The third-order valence-corrected chi connectivity index (χ3v) is 4.95. The molecule has 3 rings (SSSR count). The molecule has 0 aliphatic carbocycles. The number of benzene rings is 2. The van der Waals surface area contributed by atoms with Gasteiger partial charge >= 0.3 is 0 Å². The summed E-state index contributed by atoms with van der Waals surface area (Å²) in [5.41, 5.74) is 2.88. The molecule has 0 unspecified atom stereocenters. The van der Waals surface area contributed by atoms with Crippen LogP contribution in [0.1, 0.15) is 17.5 Å².